The molecule has 2 aromatic carbocycles. The number of hydrogen-bond acceptors (Lipinski definition) is 3. The van der Waals surface area contributed by atoms with Crippen LogP contribution in [0.15, 0.2) is 47.4 Å². The molecular formula is C16H17Cl2NO3S. The lowest BCUT2D eigenvalue weighted by atomic mass is 10.1. The van der Waals surface area contributed by atoms with Crippen LogP contribution in [0.1, 0.15) is 12.0 Å². The summed E-state index contributed by atoms with van der Waals surface area (Å²) in [6, 6.07) is 11.9. The molecule has 0 spiro atoms. The predicted molar refractivity (Wildman–Crippen MR) is 93.0 cm³/mol. The lowest BCUT2D eigenvalue weighted by Crippen LogP contribution is -2.25. The Hall–Kier alpha value is -1.27. The van der Waals surface area contributed by atoms with Gasteiger partial charge in [0, 0.05) is 11.6 Å². The van der Waals surface area contributed by atoms with Crippen LogP contribution in [0, 0.1) is 0 Å². The van der Waals surface area contributed by atoms with Gasteiger partial charge in [0.1, 0.15) is 5.75 Å². The number of benzene rings is 2. The zero-order valence-electron chi connectivity index (χ0n) is 12.6. The Kier molecular flexibility index (Phi) is 6.30. The molecule has 2 aromatic rings. The molecule has 1 N–H and O–H groups in total. The third-order valence-corrected chi connectivity index (χ3v) is 5.29. The van der Waals surface area contributed by atoms with Crippen LogP contribution in [0.4, 0.5) is 0 Å². The van der Waals surface area contributed by atoms with Crippen molar-refractivity contribution >= 4 is 33.2 Å². The summed E-state index contributed by atoms with van der Waals surface area (Å²) in [5.74, 6) is 0.438. The number of sulfonamides is 1. The van der Waals surface area contributed by atoms with Crippen molar-refractivity contribution in [1.82, 2.24) is 4.72 Å². The van der Waals surface area contributed by atoms with Crippen molar-refractivity contribution in [1.29, 1.82) is 0 Å². The zero-order chi connectivity index (χ0) is 16.9. The number of halogens is 2. The number of aryl methyl sites for hydroxylation is 1. The highest BCUT2D eigenvalue weighted by Gasteiger charge is 2.15. The third-order valence-electron chi connectivity index (χ3n) is 3.28. The van der Waals surface area contributed by atoms with Gasteiger partial charge in [-0.1, -0.05) is 35.3 Å². The predicted octanol–water partition coefficient (Wildman–Crippen LogP) is 3.91. The van der Waals surface area contributed by atoms with Gasteiger partial charge in [0.15, 0.2) is 0 Å². The maximum Gasteiger partial charge on any atom is 0.240 e. The summed E-state index contributed by atoms with van der Waals surface area (Å²) in [5.41, 5.74) is 1.11. The summed E-state index contributed by atoms with van der Waals surface area (Å²) in [7, 11) is -2.10. The van der Waals surface area contributed by atoms with Crippen LogP contribution < -0.4 is 9.46 Å². The van der Waals surface area contributed by atoms with E-state index in [4.69, 9.17) is 27.9 Å². The van der Waals surface area contributed by atoms with Gasteiger partial charge in [-0.2, -0.15) is 0 Å². The molecule has 0 radical (unpaired) electrons. The topological polar surface area (TPSA) is 55.4 Å². The van der Waals surface area contributed by atoms with E-state index in [1.54, 1.807) is 0 Å². The van der Waals surface area contributed by atoms with Crippen molar-refractivity contribution in [3.05, 3.63) is 58.1 Å². The number of ether oxygens (including phenoxy) is 1. The molecule has 0 fully saturated rings. The van der Waals surface area contributed by atoms with Crippen LogP contribution in [0.25, 0.3) is 0 Å². The largest absolute Gasteiger partial charge is 0.495 e. The minimum Gasteiger partial charge on any atom is -0.495 e. The van der Waals surface area contributed by atoms with E-state index in [9.17, 15) is 8.42 Å². The van der Waals surface area contributed by atoms with Crippen molar-refractivity contribution < 1.29 is 13.2 Å². The lowest BCUT2D eigenvalue weighted by Gasteiger charge is -2.09. The smallest absolute Gasteiger partial charge is 0.240 e. The van der Waals surface area contributed by atoms with E-state index in [1.165, 1.54) is 25.3 Å². The first kappa shape index (κ1) is 18.1. The molecule has 0 aromatic heterocycles. The molecule has 23 heavy (non-hydrogen) atoms. The first-order chi connectivity index (χ1) is 10.9. The molecule has 0 aliphatic rings. The highest BCUT2D eigenvalue weighted by atomic mass is 35.5. The SMILES string of the molecule is COc1ccc(S(=O)(=O)NCCCc2ccc(Cl)cc2)cc1Cl. The Morgan fingerprint density at radius 2 is 1.78 bits per heavy atom. The number of nitrogens with one attached hydrogen (secondary N) is 1. The molecule has 0 saturated heterocycles. The van der Waals surface area contributed by atoms with Gasteiger partial charge < -0.3 is 4.74 Å². The number of methoxy groups -OCH3 is 1. The van der Waals surface area contributed by atoms with E-state index < -0.39 is 10.0 Å². The molecule has 7 heteroatoms. The Balaban J connectivity index is 1.91. The minimum absolute atomic E-state index is 0.120. The van der Waals surface area contributed by atoms with Crippen molar-refractivity contribution in [2.45, 2.75) is 17.7 Å². The first-order valence-electron chi connectivity index (χ1n) is 7.00. The van der Waals surface area contributed by atoms with Gasteiger partial charge in [0.05, 0.1) is 17.0 Å². The second-order valence-corrected chi connectivity index (χ2v) is 7.53. The third kappa shape index (κ3) is 5.11. The van der Waals surface area contributed by atoms with Gasteiger partial charge in [-0.25, -0.2) is 13.1 Å². The summed E-state index contributed by atoms with van der Waals surface area (Å²) >= 11 is 11.8. The Labute approximate surface area is 146 Å². The van der Waals surface area contributed by atoms with Gasteiger partial charge >= 0.3 is 0 Å². The molecule has 0 unspecified atom stereocenters. The van der Waals surface area contributed by atoms with Crippen molar-refractivity contribution in [3.63, 3.8) is 0 Å². The quantitative estimate of drug-likeness (QED) is 0.748. The standard InChI is InChI=1S/C16H17Cl2NO3S/c1-22-16-9-8-14(11-15(16)18)23(20,21)19-10-2-3-12-4-6-13(17)7-5-12/h4-9,11,19H,2-3,10H2,1H3. The molecule has 2 rings (SSSR count). The maximum absolute atomic E-state index is 12.2. The Bertz CT molecular complexity index is 761. The number of rotatable bonds is 7. The Morgan fingerprint density at radius 1 is 1.09 bits per heavy atom. The van der Waals surface area contributed by atoms with Crippen molar-refractivity contribution in [2.75, 3.05) is 13.7 Å². The molecule has 0 aliphatic carbocycles. The van der Waals surface area contributed by atoms with E-state index in [0.29, 0.717) is 23.7 Å². The first-order valence-corrected chi connectivity index (χ1v) is 9.24. The van der Waals surface area contributed by atoms with E-state index in [2.05, 4.69) is 4.72 Å². The van der Waals surface area contributed by atoms with E-state index in [1.807, 2.05) is 24.3 Å². The summed E-state index contributed by atoms with van der Waals surface area (Å²) < 4.78 is 32.0. The van der Waals surface area contributed by atoms with Gasteiger partial charge in [0.2, 0.25) is 10.0 Å². The molecule has 0 aliphatic heterocycles. The van der Waals surface area contributed by atoms with E-state index in [-0.39, 0.29) is 9.92 Å². The van der Waals surface area contributed by atoms with Gasteiger partial charge in [-0.15, -0.1) is 0 Å². The minimum atomic E-state index is -3.58. The van der Waals surface area contributed by atoms with Gasteiger partial charge in [0.25, 0.3) is 0 Å². The molecule has 0 bridgehead atoms. The maximum atomic E-state index is 12.2. The molecule has 4 nitrogen and oxygen atoms in total. The number of hydrogen-bond donors (Lipinski definition) is 1. The fraction of sp³-hybridized carbons (Fsp3) is 0.250. The Morgan fingerprint density at radius 3 is 2.39 bits per heavy atom. The van der Waals surface area contributed by atoms with E-state index >= 15 is 0 Å². The monoisotopic (exact) mass is 373 g/mol. The van der Waals surface area contributed by atoms with Crippen LogP contribution in [-0.2, 0) is 16.4 Å². The second kappa shape index (κ2) is 8.02. The average molecular weight is 374 g/mol. The van der Waals surface area contributed by atoms with Crippen LogP contribution >= 0.6 is 23.2 Å². The van der Waals surface area contributed by atoms with Crippen LogP contribution in [0.2, 0.25) is 10.0 Å². The lowest BCUT2D eigenvalue weighted by molar-refractivity contribution is 0.414. The van der Waals surface area contributed by atoms with Crippen LogP contribution in [0.3, 0.4) is 0 Å². The summed E-state index contributed by atoms with van der Waals surface area (Å²) in [5, 5.41) is 0.947. The van der Waals surface area contributed by atoms with Crippen molar-refractivity contribution in [2.24, 2.45) is 0 Å². The summed E-state index contributed by atoms with van der Waals surface area (Å²) in [4.78, 5) is 0.120. The normalized spacial score (nSPS) is 11.4. The summed E-state index contributed by atoms with van der Waals surface area (Å²) in [6.07, 6.45) is 1.45. The van der Waals surface area contributed by atoms with E-state index in [0.717, 1.165) is 12.0 Å². The molecule has 0 amide bonds. The van der Waals surface area contributed by atoms with Crippen molar-refractivity contribution in [3.8, 4) is 5.75 Å². The molecule has 0 atom stereocenters. The molecular weight excluding hydrogens is 357 g/mol. The highest BCUT2D eigenvalue weighted by Crippen LogP contribution is 2.26. The van der Waals surface area contributed by atoms with Crippen LogP contribution in [0.5, 0.6) is 5.75 Å². The fourth-order valence-electron chi connectivity index (χ4n) is 2.05. The molecule has 0 saturated carbocycles. The highest BCUT2D eigenvalue weighted by molar-refractivity contribution is 7.89. The molecule has 0 heterocycles. The van der Waals surface area contributed by atoms with Gasteiger partial charge in [-0.3, -0.25) is 0 Å². The summed E-state index contributed by atoms with van der Waals surface area (Å²) in [6.45, 7) is 0.342. The fourth-order valence-corrected chi connectivity index (χ4v) is 3.60. The van der Waals surface area contributed by atoms with Crippen LogP contribution in [-0.4, -0.2) is 22.1 Å². The molecule has 124 valence electrons. The zero-order valence-corrected chi connectivity index (χ0v) is 14.9. The second-order valence-electron chi connectivity index (χ2n) is 4.92. The average Bonchev–Trinajstić information content (AvgIpc) is 2.53. The van der Waals surface area contributed by atoms with Gasteiger partial charge in [-0.05, 0) is 48.7 Å².